The molecule has 2 aliphatic heterocycles. The number of rotatable bonds is 5. The third-order valence-corrected chi connectivity index (χ3v) is 7.97. The van der Waals surface area contributed by atoms with E-state index in [1.807, 2.05) is 25.1 Å². The van der Waals surface area contributed by atoms with Crippen molar-refractivity contribution in [1.82, 2.24) is 19.9 Å². The Morgan fingerprint density at radius 1 is 1.23 bits per heavy atom. The zero-order chi connectivity index (χ0) is 18.2. The molecule has 4 heterocycles. The summed E-state index contributed by atoms with van der Waals surface area (Å²) in [6, 6.07) is 7.94. The van der Waals surface area contributed by atoms with Gasteiger partial charge in [-0.2, -0.15) is 0 Å². The van der Waals surface area contributed by atoms with Crippen LogP contribution in [0.3, 0.4) is 0 Å². The van der Waals surface area contributed by atoms with Gasteiger partial charge in [0.05, 0.1) is 18.1 Å². The first kappa shape index (κ1) is 17.4. The number of pyridine rings is 1. The molecular formula is C18H22N4O3S. The lowest BCUT2D eigenvalue weighted by Gasteiger charge is -2.49. The molecule has 2 fully saturated rings. The highest BCUT2D eigenvalue weighted by Gasteiger charge is 2.61. The van der Waals surface area contributed by atoms with E-state index in [0.717, 1.165) is 11.4 Å². The Balaban J connectivity index is 1.43. The Labute approximate surface area is 153 Å². The van der Waals surface area contributed by atoms with Gasteiger partial charge in [-0.3, -0.25) is 9.88 Å². The Morgan fingerprint density at radius 3 is 2.73 bits per heavy atom. The molecule has 1 spiro atoms. The Hall–Kier alpha value is -2.06. The van der Waals surface area contributed by atoms with Crippen molar-refractivity contribution in [3.05, 3.63) is 48.0 Å². The van der Waals surface area contributed by atoms with Crippen molar-refractivity contribution < 1.29 is 13.2 Å². The molecule has 0 unspecified atom stereocenters. The summed E-state index contributed by atoms with van der Waals surface area (Å²) in [6.07, 6.45) is 3.86. The van der Waals surface area contributed by atoms with Crippen molar-refractivity contribution in [2.75, 3.05) is 25.4 Å². The van der Waals surface area contributed by atoms with E-state index in [4.69, 9.17) is 4.74 Å². The summed E-state index contributed by atoms with van der Waals surface area (Å²) < 4.78 is 30.4. The predicted octanol–water partition coefficient (Wildman–Crippen LogP) is 1.25. The van der Waals surface area contributed by atoms with Gasteiger partial charge in [-0.1, -0.05) is 6.07 Å². The minimum absolute atomic E-state index is 0.0296. The van der Waals surface area contributed by atoms with Crippen LogP contribution in [0.2, 0.25) is 0 Å². The van der Waals surface area contributed by atoms with Crippen LogP contribution < -0.4 is 4.74 Å². The van der Waals surface area contributed by atoms with Crippen LogP contribution in [0, 0.1) is 12.8 Å². The first-order chi connectivity index (χ1) is 12.5. The summed E-state index contributed by atoms with van der Waals surface area (Å²) in [7, 11) is -3.12. The van der Waals surface area contributed by atoms with Crippen molar-refractivity contribution in [2.24, 2.45) is 5.92 Å². The van der Waals surface area contributed by atoms with Crippen molar-refractivity contribution in [3.8, 4) is 6.01 Å². The van der Waals surface area contributed by atoms with Gasteiger partial charge in [-0.25, -0.2) is 18.4 Å². The van der Waals surface area contributed by atoms with E-state index >= 15 is 0 Å². The molecule has 2 aromatic heterocycles. The Kier molecular flexibility index (Phi) is 4.40. The average Bonchev–Trinajstić information content (AvgIpc) is 2.85. The van der Waals surface area contributed by atoms with Gasteiger partial charge in [0.15, 0.2) is 9.84 Å². The van der Waals surface area contributed by atoms with E-state index in [1.165, 1.54) is 0 Å². The molecule has 0 amide bonds. The molecule has 26 heavy (non-hydrogen) atoms. The lowest BCUT2D eigenvalue weighted by molar-refractivity contribution is 0.0562. The third kappa shape index (κ3) is 3.07. The molecule has 138 valence electrons. The second-order valence-corrected chi connectivity index (χ2v) is 9.58. The minimum Gasteiger partial charge on any atom is -0.463 e. The molecule has 8 heteroatoms. The molecule has 4 rings (SSSR count). The number of nitrogens with zero attached hydrogens (tertiary/aromatic N) is 4. The smallest absolute Gasteiger partial charge is 0.316 e. The number of hydrogen-bond acceptors (Lipinski definition) is 7. The van der Waals surface area contributed by atoms with Crippen LogP contribution in [-0.2, 0) is 16.4 Å². The second kappa shape index (κ2) is 6.59. The molecule has 2 saturated heterocycles. The van der Waals surface area contributed by atoms with Crippen molar-refractivity contribution in [2.45, 2.75) is 24.6 Å². The normalized spacial score (nSPS) is 23.7. The largest absolute Gasteiger partial charge is 0.463 e. The number of hydrogen-bond donors (Lipinski definition) is 0. The minimum atomic E-state index is -3.12. The fraction of sp³-hybridized carbons (Fsp3) is 0.500. The van der Waals surface area contributed by atoms with E-state index in [-0.39, 0.29) is 11.7 Å². The molecule has 0 saturated carbocycles. The number of aromatic nitrogens is 3. The zero-order valence-corrected chi connectivity index (χ0v) is 15.5. The highest BCUT2D eigenvalue weighted by molar-refractivity contribution is 7.93. The predicted molar refractivity (Wildman–Crippen MR) is 96.4 cm³/mol. The van der Waals surface area contributed by atoms with E-state index < -0.39 is 14.6 Å². The summed E-state index contributed by atoms with van der Waals surface area (Å²) in [5.41, 5.74) is 1.95. The lowest BCUT2D eigenvalue weighted by atomic mass is 9.83. The standard InChI is InChI=1S/C18H22N4O3S/c1-14-4-2-5-16(21-14)10-22-12-18(13-22)15(6-9-26(18,23)24)11-25-17-19-7-3-8-20-17/h2-5,7-8,15H,6,9-13H2,1H3/t15-/m1/s1. The first-order valence-electron chi connectivity index (χ1n) is 8.75. The van der Waals surface area contributed by atoms with Gasteiger partial charge in [0.1, 0.15) is 4.75 Å². The van der Waals surface area contributed by atoms with Crippen molar-refractivity contribution in [3.63, 3.8) is 0 Å². The summed E-state index contributed by atoms with van der Waals surface area (Å²) >= 11 is 0. The van der Waals surface area contributed by atoms with Gasteiger partial charge in [0.2, 0.25) is 0 Å². The molecule has 0 radical (unpaired) electrons. The van der Waals surface area contributed by atoms with E-state index in [1.54, 1.807) is 18.5 Å². The lowest BCUT2D eigenvalue weighted by Crippen LogP contribution is -2.67. The van der Waals surface area contributed by atoms with Gasteiger partial charge in [0, 0.05) is 43.6 Å². The molecule has 2 aromatic rings. The van der Waals surface area contributed by atoms with E-state index in [0.29, 0.717) is 38.7 Å². The zero-order valence-electron chi connectivity index (χ0n) is 14.7. The van der Waals surface area contributed by atoms with Crippen LogP contribution in [-0.4, -0.2) is 58.5 Å². The molecule has 0 aliphatic carbocycles. The fourth-order valence-corrected chi connectivity index (χ4v) is 6.44. The van der Waals surface area contributed by atoms with Gasteiger partial charge in [0.25, 0.3) is 0 Å². The highest BCUT2D eigenvalue weighted by Crippen LogP contribution is 2.45. The highest BCUT2D eigenvalue weighted by atomic mass is 32.2. The Bertz CT molecular complexity index is 882. The summed E-state index contributed by atoms with van der Waals surface area (Å²) in [5, 5.41) is 0. The number of aryl methyl sites for hydroxylation is 1. The molecule has 2 aliphatic rings. The quantitative estimate of drug-likeness (QED) is 0.778. The molecular weight excluding hydrogens is 352 g/mol. The van der Waals surface area contributed by atoms with Gasteiger partial charge in [-0.05, 0) is 31.5 Å². The monoisotopic (exact) mass is 374 g/mol. The van der Waals surface area contributed by atoms with Crippen LogP contribution in [0.1, 0.15) is 17.8 Å². The first-order valence-corrected chi connectivity index (χ1v) is 10.4. The number of ether oxygens (including phenoxy) is 1. The van der Waals surface area contributed by atoms with Gasteiger partial charge < -0.3 is 4.74 Å². The second-order valence-electron chi connectivity index (χ2n) is 7.13. The number of sulfone groups is 1. The number of likely N-dealkylation sites (tertiary alicyclic amines) is 1. The molecule has 1 atom stereocenters. The summed E-state index contributed by atoms with van der Waals surface area (Å²) in [6.45, 7) is 4.04. The van der Waals surface area contributed by atoms with Crippen LogP contribution in [0.25, 0.3) is 0 Å². The maximum absolute atomic E-state index is 12.7. The molecule has 0 bridgehead atoms. The van der Waals surface area contributed by atoms with Crippen molar-refractivity contribution >= 4 is 9.84 Å². The van der Waals surface area contributed by atoms with Crippen LogP contribution >= 0.6 is 0 Å². The Morgan fingerprint density at radius 2 is 2.00 bits per heavy atom. The molecule has 7 nitrogen and oxygen atoms in total. The fourth-order valence-electron chi connectivity index (χ4n) is 3.98. The summed E-state index contributed by atoms with van der Waals surface area (Å²) in [4.78, 5) is 14.7. The van der Waals surface area contributed by atoms with Crippen LogP contribution in [0.5, 0.6) is 6.01 Å². The van der Waals surface area contributed by atoms with Crippen molar-refractivity contribution in [1.29, 1.82) is 0 Å². The third-order valence-electron chi connectivity index (χ3n) is 5.37. The van der Waals surface area contributed by atoms with Gasteiger partial charge in [-0.15, -0.1) is 0 Å². The SMILES string of the molecule is Cc1cccc(CN2CC3(C2)[C@@H](COc2ncccn2)CCS3(=O)=O)n1. The topological polar surface area (TPSA) is 85.3 Å². The van der Waals surface area contributed by atoms with E-state index in [9.17, 15) is 8.42 Å². The van der Waals surface area contributed by atoms with E-state index in [2.05, 4.69) is 19.9 Å². The summed E-state index contributed by atoms with van der Waals surface area (Å²) in [5.74, 6) is 0.200. The van der Waals surface area contributed by atoms with Gasteiger partial charge >= 0.3 is 6.01 Å². The van der Waals surface area contributed by atoms with Crippen LogP contribution in [0.15, 0.2) is 36.7 Å². The maximum Gasteiger partial charge on any atom is 0.316 e. The molecule has 0 N–H and O–H groups in total. The molecule has 0 aromatic carbocycles. The van der Waals surface area contributed by atoms with Crippen LogP contribution in [0.4, 0.5) is 0 Å². The average molecular weight is 374 g/mol. The maximum atomic E-state index is 12.7.